The monoisotopic (exact) mass is 549 g/mol. The summed E-state index contributed by atoms with van der Waals surface area (Å²) < 4.78 is 99.3. The molecule has 0 aromatic heterocycles. The third-order valence-electron chi connectivity index (χ3n) is 5.79. The molecule has 0 bridgehead atoms. The smallest absolute Gasteiger partial charge is 0.471 e. The highest BCUT2D eigenvalue weighted by molar-refractivity contribution is 7.92. The lowest BCUT2D eigenvalue weighted by Crippen LogP contribution is -2.43. The quantitative estimate of drug-likeness (QED) is 0.542. The molecule has 0 atom stereocenters. The first-order valence-corrected chi connectivity index (χ1v) is 13.9. The maximum Gasteiger partial charge on any atom is 0.471 e. The van der Waals surface area contributed by atoms with Crippen LogP contribution in [0.3, 0.4) is 0 Å². The molecule has 0 saturated carbocycles. The van der Waals surface area contributed by atoms with E-state index in [9.17, 15) is 34.8 Å². The number of hydrogen-bond acceptors (Lipinski definition) is 6. The largest absolute Gasteiger partial charge is 0.495 e. The van der Waals surface area contributed by atoms with Crippen LogP contribution < -0.4 is 9.46 Å². The Bertz CT molecular complexity index is 1360. The van der Waals surface area contributed by atoms with E-state index in [2.05, 4.69) is 4.72 Å². The summed E-state index contributed by atoms with van der Waals surface area (Å²) in [6, 6.07) is 7.75. The fraction of sp³-hybridized carbons (Fsp3) is 0.409. The van der Waals surface area contributed by atoms with Crippen LogP contribution in [-0.2, 0) is 37.8 Å². The van der Waals surface area contributed by atoms with Crippen LogP contribution in [0.15, 0.2) is 46.2 Å². The van der Waals surface area contributed by atoms with Crippen molar-refractivity contribution in [3.8, 4) is 5.75 Å². The van der Waals surface area contributed by atoms with Gasteiger partial charge in [-0.1, -0.05) is 19.9 Å². The predicted molar refractivity (Wildman–Crippen MR) is 126 cm³/mol. The van der Waals surface area contributed by atoms with Gasteiger partial charge in [-0.05, 0) is 47.9 Å². The minimum Gasteiger partial charge on any atom is -0.495 e. The number of benzene rings is 2. The van der Waals surface area contributed by atoms with Crippen molar-refractivity contribution in [1.82, 2.24) is 9.21 Å². The van der Waals surface area contributed by atoms with Gasteiger partial charge in [0.05, 0.1) is 22.6 Å². The summed E-state index contributed by atoms with van der Waals surface area (Å²) in [5.74, 6) is -1.92. The third kappa shape index (κ3) is 5.60. The van der Waals surface area contributed by atoms with Gasteiger partial charge in [-0.25, -0.2) is 16.8 Å². The van der Waals surface area contributed by atoms with E-state index in [4.69, 9.17) is 4.74 Å². The number of hydrogen-bond donors (Lipinski definition) is 1. The fourth-order valence-corrected chi connectivity index (χ4v) is 6.49. The summed E-state index contributed by atoms with van der Waals surface area (Å²) in [5, 5.41) is 0. The van der Waals surface area contributed by atoms with Gasteiger partial charge in [0.25, 0.3) is 10.0 Å². The normalized spacial score (nSPS) is 14.5. The summed E-state index contributed by atoms with van der Waals surface area (Å²) in [7, 11) is -6.91. The zero-order valence-corrected chi connectivity index (χ0v) is 21.4. The maximum atomic E-state index is 13.2. The number of nitrogens with zero attached hydrogens (tertiary/aromatic N) is 2. The number of ether oxygens (including phenoxy) is 1. The second-order valence-corrected chi connectivity index (χ2v) is 11.6. The second-order valence-electron chi connectivity index (χ2n) is 7.96. The molecular weight excluding hydrogens is 523 g/mol. The molecule has 14 heteroatoms. The highest BCUT2D eigenvalue weighted by atomic mass is 32.2. The van der Waals surface area contributed by atoms with Crippen LogP contribution in [0, 0.1) is 0 Å². The zero-order valence-electron chi connectivity index (χ0n) is 19.8. The summed E-state index contributed by atoms with van der Waals surface area (Å²) >= 11 is 0. The molecule has 2 aromatic carbocycles. The Morgan fingerprint density at radius 1 is 1.03 bits per heavy atom. The Labute approximate surface area is 207 Å². The van der Waals surface area contributed by atoms with Gasteiger partial charge < -0.3 is 9.64 Å². The van der Waals surface area contributed by atoms with Crippen molar-refractivity contribution in [1.29, 1.82) is 0 Å². The predicted octanol–water partition coefficient (Wildman–Crippen LogP) is 2.97. The molecule has 1 aliphatic heterocycles. The van der Waals surface area contributed by atoms with Crippen LogP contribution in [0.4, 0.5) is 18.9 Å². The van der Waals surface area contributed by atoms with Gasteiger partial charge in [0, 0.05) is 26.2 Å². The van der Waals surface area contributed by atoms with Crippen molar-refractivity contribution in [3.63, 3.8) is 0 Å². The molecule has 1 heterocycles. The van der Waals surface area contributed by atoms with Crippen molar-refractivity contribution in [2.45, 2.75) is 42.8 Å². The molecule has 198 valence electrons. The van der Waals surface area contributed by atoms with Crippen LogP contribution in [0.1, 0.15) is 25.0 Å². The molecule has 0 fully saturated rings. The summed E-state index contributed by atoms with van der Waals surface area (Å²) in [6.45, 7) is 3.25. The average molecular weight is 550 g/mol. The van der Waals surface area contributed by atoms with Crippen molar-refractivity contribution in [3.05, 3.63) is 47.5 Å². The van der Waals surface area contributed by atoms with Crippen molar-refractivity contribution in [2.24, 2.45) is 0 Å². The topological polar surface area (TPSA) is 113 Å². The van der Waals surface area contributed by atoms with Crippen LogP contribution in [0.25, 0.3) is 0 Å². The van der Waals surface area contributed by atoms with E-state index in [1.165, 1.54) is 41.7 Å². The molecule has 9 nitrogen and oxygen atoms in total. The molecule has 3 rings (SSSR count). The molecule has 0 unspecified atom stereocenters. The van der Waals surface area contributed by atoms with Gasteiger partial charge >= 0.3 is 12.1 Å². The lowest BCUT2D eigenvalue weighted by molar-refractivity contribution is -0.186. The lowest BCUT2D eigenvalue weighted by atomic mass is 10.00. The number of methoxy groups -OCH3 is 1. The van der Waals surface area contributed by atoms with Gasteiger partial charge in [-0.15, -0.1) is 0 Å². The zero-order chi connectivity index (χ0) is 26.9. The molecule has 0 aliphatic carbocycles. The number of halogens is 3. The van der Waals surface area contributed by atoms with Crippen molar-refractivity contribution < 1.29 is 39.5 Å². The molecule has 0 radical (unpaired) electrons. The van der Waals surface area contributed by atoms with E-state index in [0.29, 0.717) is 10.5 Å². The Morgan fingerprint density at radius 3 is 2.25 bits per heavy atom. The number of amides is 1. The highest BCUT2D eigenvalue weighted by Crippen LogP contribution is 2.32. The first-order chi connectivity index (χ1) is 16.7. The number of carbonyl (C=O) groups excluding carboxylic acids is 1. The number of alkyl halides is 3. The second kappa shape index (κ2) is 10.3. The van der Waals surface area contributed by atoms with E-state index in [0.717, 1.165) is 6.07 Å². The van der Waals surface area contributed by atoms with E-state index in [1.807, 2.05) is 0 Å². The molecule has 36 heavy (non-hydrogen) atoms. The third-order valence-corrected chi connectivity index (χ3v) is 9.20. The summed E-state index contributed by atoms with van der Waals surface area (Å²) in [4.78, 5) is 11.8. The molecule has 2 aromatic rings. The van der Waals surface area contributed by atoms with Crippen LogP contribution >= 0.6 is 0 Å². The van der Waals surface area contributed by atoms with Gasteiger partial charge in [0.1, 0.15) is 5.75 Å². The van der Waals surface area contributed by atoms with E-state index >= 15 is 0 Å². The van der Waals surface area contributed by atoms with Crippen molar-refractivity contribution >= 4 is 31.6 Å². The van der Waals surface area contributed by atoms with Crippen LogP contribution in [-0.4, -0.2) is 64.9 Å². The van der Waals surface area contributed by atoms with E-state index < -0.39 is 38.7 Å². The van der Waals surface area contributed by atoms with Gasteiger partial charge in [0.15, 0.2) is 0 Å². The SMILES string of the molecule is CCN(CC)S(=O)(=O)c1ccc(OC)c(NS(=O)(=O)c2ccc3c(c2)CN(C(=O)C(F)(F)F)CC3)c1. The number of nitrogens with one attached hydrogen (secondary N) is 1. The Hall–Kier alpha value is -2.84. The molecular formula is C22H26F3N3O6S2. The first kappa shape index (κ1) is 27.7. The lowest BCUT2D eigenvalue weighted by Gasteiger charge is -2.29. The average Bonchev–Trinajstić information content (AvgIpc) is 2.82. The standard InChI is InChI=1S/C22H26F3N3O6S2/c1-4-28(5-2)36(32,33)18-8-9-20(34-3)19(13-18)26-35(30,31)17-7-6-15-10-11-27(14-16(15)12-17)21(29)22(23,24)25/h6-9,12-13,26H,4-5,10-11,14H2,1-3H3. The van der Waals surface area contributed by atoms with E-state index in [1.54, 1.807) is 13.8 Å². The molecule has 0 saturated heterocycles. The maximum absolute atomic E-state index is 13.2. The highest BCUT2D eigenvalue weighted by Gasteiger charge is 2.43. The molecule has 1 N–H and O–H groups in total. The van der Waals surface area contributed by atoms with Gasteiger partial charge in [-0.2, -0.15) is 17.5 Å². The Morgan fingerprint density at radius 2 is 1.67 bits per heavy atom. The number of anilines is 1. The molecule has 1 aliphatic rings. The summed E-state index contributed by atoms with van der Waals surface area (Å²) in [5.41, 5.74) is 0.772. The number of carbonyl (C=O) groups is 1. The van der Waals surface area contributed by atoms with Gasteiger partial charge in [-0.3, -0.25) is 9.52 Å². The van der Waals surface area contributed by atoms with E-state index in [-0.39, 0.29) is 52.8 Å². The minimum atomic E-state index is -5.03. The Kier molecular flexibility index (Phi) is 7.91. The Balaban J connectivity index is 1.95. The van der Waals surface area contributed by atoms with Gasteiger partial charge in [0.2, 0.25) is 10.0 Å². The summed E-state index contributed by atoms with van der Waals surface area (Å²) in [6.07, 6.45) is -4.89. The number of sulfonamides is 2. The number of rotatable bonds is 8. The first-order valence-electron chi connectivity index (χ1n) is 10.9. The fourth-order valence-electron chi connectivity index (χ4n) is 3.90. The molecule has 0 spiro atoms. The number of fused-ring (bicyclic) bond motifs is 1. The molecule has 1 amide bonds. The minimum absolute atomic E-state index is 0.0666. The van der Waals surface area contributed by atoms with Crippen molar-refractivity contribution in [2.75, 3.05) is 31.5 Å². The van der Waals surface area contributed by atoms with Crippen LogP contribution in [0.2, 0.25) is 0 Å². The van der Waals surface area contributed by atoms with Crippen LogP contribution in [0.5, 0.6) is 5.75 Å².